The Balaban J connectivity index is 2.45. The van der Waals surface area contributed by atoms with Crippen molar-refractivity contribution in [2.45, 2.75) is 4.90 Å². The summed E-state index contributed by atoms with van der Waals surface area (Å²) in [5.41, 5.74) is 11.4. The van der Waals surface area contributed by atoms with Gasteiger partial charge < -0.3 is 11.5 Å². The number of sulfonamides is 1. The molecule has 1 amide bonds. The van der Waals surface area contributed by atoms with Crippen LogP contribution in [0, 0.1) is 0 Å². The van der Waals surface area contributed by atoms with E-state index >= 15 is 0 Å². The molecule has 2 aromatic carbocycles. The first kappa shape index (κ1) is 15.3. The highest BCUT2D eigenvalue weighted by molar-refractivity contribution is 9.10. The van der Waals surface area contributed by atoms with E-state index in [1.165, 1.54) is 30.3 Å². The minimum Gasteiger partial charge on any atom is -0.399 e. The molecule has 6 nitrogen and oxygen atoms in total. The van der Waals surface area contributed by atoms with E-state index in [1.807, 2.05) is 0 Å². The Labute approximate surface area is 130 Å². The average molecular weight is 370 g/mol. The number of nitrogens with two attached hydrogens (primary N) is 2. The maximum absolute atomic E-state index is 12.4. The van der Waals surface area contributed by atoms with Crippen molar-refractivity contribution in [3.8, 4) is 0 Å². The molecule has 2 rings (SSSR count). The third kappa shape index (κ3) is 3.34. The number of para-hydroxylation sites is 1. The summed E-state index contributed by atoms with van der Waals surface area (Å²) in [7, 11) is -3.88. The highest BCUT2D eigenvalue weighted by Gasteiger charge is 2.20. The van der Waals surface area contributed by atoms with Crippen LogP contribution in [0.3, 0.4) is 0 Å². The maximum atomic E-state index is 12.4. The van der Waals surface area contributed by atoms with E-state index < -0.39 is 15.9 Å². The molecule has 0 aliphatic heterocycles. The van der Waals surface area contributed by atoms with E-state index in [-0.39, 0.29) is 16.1 Å². The largest absolute Gasteiger partial charge is 0.399 e. The predicted molar refractivity (Wildman–Crippen MR) is 84.3 cm³/mol. The first-order chi connectivity index (χ1) is 9.81. The van der Waals surface area contributed by atoms with Gasteiger partial charge in [-0.25, -0.2) is 8.42 Å². The van der Waals surface area contributed by atoms with Gasteiger partial charge in [-0.05, 0) is 46.3 Å². The van der Waals surface area contributed by atoms with Crippen molar-refractivity contribution in [2.24, 2.45) is 5.73 Å². The van der Waals surface area contributed by atoms with Crippen molar-refractivity contribution < 1.29 is 13.2 Å². The zero-order valence-corrected chi connectivity index (χ0v) is 13.1. The Hall–Kier alpha value is -2.06. The molecule has 0 heterocycles. The topological polar surface area (TPSA) is 115 Å². The SMILES string of the molecule is NC(=O)c1ccccc1NS(=O)(=O)c1ccc(N)cc1Br. The van der Waals surface area contributed by atoms with E-state index in [9.17, 15) is 13.2 Å². The summed E-state index contributed by atoms with van der Waals surface area (Å²) in [4.78, 5) is 11.3. The number of carbonyl (C=O) groups is 1. The highest BCUT2D eigenvalue weighted by atomic mass is 79.9. The van der Waals surface area contributed by atoms with Gasteiger partial charge in [0.25, 0.3) is 15.9 Å². The van der Waals surface area contributed by atoms with Gasteiger partial charge in [-0.1, -0.05) is 12.1 Å². The van der Waals surface area contributed by atoms with Gasteiger partial charge in [0.1, 0.15) is 4.90 Å². The molecule has 0 aliphatic carbocycles. The molecular formula is C13H12BrN3O3S. The molecule has 0 saturated carbocycles. The molecule has 0 radical (unpaired) electrons. The number of amides is 1. The summed E-state index contributed by atoms with van der Waals surface area (Å²) < 4.78 is 27.4. The van der Waals surface area contributed by atoms with Crippen LogP contribution in [-0.2, 0) is 10.0 Å². The zero-order chi connectivity index (χ0) is 15.6. The molecule has 110 valence electrons. The summed E-state index contributed by atoms with van der Waals surface area (Å²) in [5, 5.41) is 0. The zero-order valence-electron chi connectivity index (χ0n) is 10.7. The smallest absolute Gasteiger partial charge is 0.263 e. The lowest BCUT2D eigenvalue weighted by molar-refractivity contribution is 0.100. The summed E-state index contributed by atoms with van der Waals surface area (Å²) in [5.74, 6) is -0.718. The molecule has 0 aliphatic rings. The fraction of sp³-hybridized carbons (Fsp3) is 0. The molecule has 0 aromatic heterocycles. The molecule has 0 unspecified atom stereocenters. The van der Waals surface area contributed by atoms with Crippen LogP contribution in [-0.4, -0.2) is 14.3 Å². The predicted octanol–water partition coefficient (Wildman–Crippen LogP) is 1.93. The molecule has 8 heteroatoms. The van der Waals surface area contributed by atoms with Crippen LogP contribution in [0.4, 0.5) is 11.4 Å². The van der Waals surface area contributed by atoms with Crippen molar-refractivity contribution in [3.05, 3.63) is 52.5 Å². The van der Waals surface area contributed by atoms with E-state index in [1.54, 1.807) is 12.1 Å². The number of anilines is 2. The van der Waals surface area contributed by atoms with Crippen molar-refractivity contribution in [3.63, 3.8) is 0 Å². The molecule has 0 saturated heterocycles. The van der Waals surface area contributed by atoms with Crippen LogP contribution in [0.5, 0.6) is 0 Å². The third-order valence-electron chi connectivity index (χ3n) is 2.68. The fourth-order valence-corrected chi connectivity index (χ4v) is 3.90. The van der Waals surface area contributed by atoms with E-state index in [4.69, 9.17) is 11.5 Å². The second kappa shape index (κ2) is 5.74. The Morgan fingerprint density at radius 3 is 2.43 bits per heavy atom. The second-order valence-corrected chi connectivity index (χ2v) is 6.71. The Kier molecular flexibility index (Phi) is 4.19. The van der Waals surface area contributed by atoms with Crippen molar-refractivity contribution >= 4 is 43.2 Å². The average Bonchev–Trinajstić information content (AvgIpc) is 2.37. The van der Waals surface area contributed by atoms with Crippen LogP contribution in [0.2, 0.25) is 0 Å². The lowest BCUT2D eigenvalue weighted by Crippen LogP contribution is -2.18. The number of rotatable bonds is 4. The second-order valence-electron chi connectivity index (χ2n) is 4.21. The lowest BCUT2D eigenvalue weighted by Gasteiger charge is -2.12. The third-order valence-corrected chi connectivity index (χ3v) is 5.02. The first-order valence-electron chi connectivity index (χ1n) is 5.78. The van der Waals surface area contributed by atoms with Crippen LogP contribution in [0.1, 0.15) is 10.4 Å². The maximum Gasteiger partial charge on any atom is 0.263 e. The van der Waals surface area contributed by atoms with Crippen molar-refractivity contribution in [2.75, 3.05) is 10.5 Å². The molecular weight excluding hydrogens is 358 g/mol. The summed E-state index contributed by atoms with van der Waals surface area (Å²) >= 11 is 3.15. The molecule has 2 aromatic rings. The monoisotopic (exact) mass is 369 g/mol. The van der Waals surface area contributed by atoms with Gasteiger partial charge in [0, 0.05) is 10.2 Å². The number of primary amides is 1. The van der Waals surface area contributed by atoms with E-state index in [0.717, 1.165) is 0 Å². The number of carbonyl (C=O) groups excluding carboxylic acids is 1. The quantitative estimate of drug-likeness (QED) is 0.713. The van der Waals surface area contributed by atoms with Crippen LogP contribution in [0.25, 0.3) is 0 Å². The minimum absolute atomic E-state index is 0.0102. The van der Waals surface area contributed by atoms with Gasteiger partial charge in [-0.2, -0.15) is 0 Å². The Morgan fingerprint density at radius 2 is 1.81 bits per heavy atom. The number of nitrogen functional groups attached to an aromatic ring is 1. The van der Waals surface area contributed by atoms with Crippen molar-refractivity contribution in [1.29, 1.82) is 0 Å². The van der Waals surface area contributed by atoms with Gasteiger partial charge in [0.15, 0.2) is 0 Å². The Morgan fingerprint density at radius 1 is 1.14 bits per heavy atom. The summed E-state index contributed by atoms with van der Waals surface area (Å²) in [6, 6.07) is 10.4. The van der Waals surface area contributed by atoms with Crippen LogP contribution in [0.15, 0.2) is 51.8 Å². The fourth-order valence-electron chi connectivity index (χ4n) is 1.72. The summed E-state index contributed by atoms with van der Waals surface area (Å²) in [6.07, 6.45) is 0. The number of nitrogens with one attached hydrogen (secondary N) is 1. The number of halogens is 1. The normalized spacial score (nSPS) is 11.1. The molecule has 0 fully saturated rings. The molecule has 0 atom stereocenters. The number of benzene rings is 2. The minimum atomic E-state index is -3.88. The van der Waals surface area contributed by atoms with Gasteiger partial charge >= 0.3 is 0 Å². The van der Waals surface area contributed by atoms with Crippen LogP contribution >= 0.6 is 15.9 Å². The highest BCUT2D eigenvalue weighted by Crippen LogP contribution is 2.27. The number of hydrogen-bond acceptors (Lipinski definition) is 4. The van der Waals surface area contributed by atoms with Crippen LogP contribution < -0.4 is 16.2 Å². The molecule has 5 N–H and O–H groups in total. The van der Waals surface area contributed by atoms with Gasteiger partial charge in [-0.15, -0.1) is 0 Å². The first-order valence-corrected chi connectivity index (χ1v) is 8.05. The molecule has 21 heavy (non-hydrogen) atoms. The van der Waals surface area contributed by atoms with Gasteiger partial charge in [-0.3, -0.25) is 9.52 Å². The van der Waals surface area contributed by atoms with Crippen molar-refractivity contribution in [1.82, 2.24) is 0 Å². The van der Waals surface area contributed by atoms with E-state index in [2.05, 4.69) is 20.7 Å². The van der Waals surface area contributed by atoms with Gasteiger partial charge in [0.05, 0.1) is 11.3 Å². The number of hydrogen-bond donors (Lipinski definition) is 3. The standard InChI is InChI=1S/C13H12BrN3O3S/c14-10-7-8(15)5-6-12(10)21(19,20)17-11-4-2-1-3-9(11)13(16)18/h1-7,17H,15H2,(H2,16,18). The molecule has 0 spiro atoms. The van der Waals surface area contributed by atoms with Gasteiger partial charge in [0.2, 0.25) is 0 Å². The lowest BCUT2D eigenvalue weighted by atomic mass is 10.2. The summed E-state index contributed by atoms with van der Waals surface area (Å²) in [6.45, 7) is 0. The molecule has 0 bridgehead atoms. The van der Waals surface area contributed by atoms with E-state index in [0.29, 0.717) is 10.2 Å². The Bertz CT molecular complexity index is 806.